The standard InChI is InChI=1S/C29H32N2O/c1-21(2)23(4)31(29(32)28-16-8-13-25-12-5-6-15-27(25)28)20-26-14-9-17-30(26)19-24-11-7-10-22(3)18-24/h5-18,21,23H,19-20H2,1-4H3/t23-/m1/s1. The van der Waals surface area contributed by atoms with Gasteiger partial charge in [-0.15, -0.1) is 0 Å². The van der Waals surface area contributed by atoms with E-state index in [2.05, 4.69) is 87.0 Å². The highest BCUT2D eigenvalue weighted by atomic mass is 16.2. The molecule has 0 saturated heterocycles. The minimum atomic E-state index is 0.0892. The largest absolute Gasteiger partial charge is 0.345 e. The van der Waals surface area contributed by atoms with E-state index in [4.69, 9.17) is 0 Å². The number of carbonyl (C=O) groups is 1. The molecule has 164 valence electrons. The molecule has 1 aromatic heterocycles. The third-order valence-electron chi connectivity index (χ3n) is 6.43. The number of fused-ring (bicyclic) bond motifs is 1. The first kappa shape index (κ1) is 21.9. The van der Waals surface area contributed by atoms with Gasteiger partial charge in [-0.1, -0.05) is 80.1 Å². The van der Waals surface area contributed by atoms with Crippen molar-refractivity contribution in [3.63, 3.8) is 0 Å². The molecule has 3 heteroatoms. The Morgan fingerprint density at radius 1 is 0.906 bits per heavy atom. The summed E-state index contributed by atoms with van der Waals surface area (Å²) in [5.74, 6) is 0.445. The highest BCUT2D eigenvalue weighted by Crippen LogP contribution is 2.24. The molecule has 0 spiro atoms. The fourth-order valence-electron chi connectivity index (χ4n) is 4.26. The fourth-order valence-corrected chi connectivity index (χ4v) is 4.26. The van der Waals surface area contributed by atoms with E-state index in [0.29, 0.717) is 12.5 Å². The van der Waals surface area contributed by atoms with Crippen molar-refractivity contribution >= 4 is 16.7 Å². The zero-order chi connectivity index (χ0) is 22.7. The van der Waals surface area contributed by atoms with Gasteiger partial charge in [0.1, 0.15) is 0 Å². The lowest BCUT2D eigenvalue weighted by Gasteiger charge is -2.33. The third-order valence-corrected chi connectivity index (χ3v) is 6.43. The summed E-state index contributed by atoms with van der Waals surface area (Å²) in [7, 11) is 0. The van der Waals surface area contributed by atoms with E-state index in [1.54, 1.807) is 0 Å². The molecule has 4 aromatic rings. The molecule has 1 amide bonds. The van der Waals surface area contributed by atoms with E-state index in [-0.39, 0.29) is 11.9 Å². The molecule has 0 aliphatic heterocycles. The molecular weight excluding hydrogens is 392 g/mol. The molecule has 0 saturated carbocycles. The Bertz CT molecular complexity index is 1220. The molecule has 0 bridgehead atoms. The van der Waals surface area contributed by atoms with E-state index < -0.39 is 0 Å². The van der Waals surface area contributed by atoms with Crippen LogP contribution in [-0.2, 0) is 13.1 Å². The van der Waals surface area contributed by atoms with Crippen LogP contribution in [0.25, 0.3) is 10.8 Å². The zero-order valence-corrected chi connectivity index (χ0v) is 19.5. The first-order valence-corrected chi connectivity index (χ1v) is 11.4. The molecule has 3 nitrogen and oxygen atoms in total. The summed E-state index contributed by atoms with van der Waals surface area (Å²) >= 11 is 0. The highest BCUT2D eigenvalue weighted by molar-refractivity contribution is 6.07. The van der Waals surface area contributed by atoms with Crippen LogP contribution in [0, 0.1) is 12.8 Å². The molecule has 0 fully saturated rings. The van der Waals surface area contributed by atoms with E-state index in [9.17, 15) is 4.79 Å². The van der Waals surface area contributed by atoms with Crippen LogP contribution in [-0.4, -0.2) is 21.4 Å². The molecule has 1 heterocycles. The summed E-state index contributed by atoms with van der Waals surface area (Å²) < 4.78 is 2.26. The van der Waals surface area contributed by atoms with Gasteiger partial charge < -0.3 is 9.47 Å². The number of hydrogen-bond donors (Lipinski definition) is 0. The van der Waals surface area contributed by atoms with E-state index in [0.717, 1.165) is 28.6 Å². The second-order valence-electron chi connectivity index (χ2n) is 9.06. The number of rotatable bonds is 7. The summed E-state index contributed by atoms with van der Waals surface area (Å²) in [5.41, 5.74) is 4.45. The van der Waals surface area contributed by atoms with Gasteiger partial charge in [0.2, 0.25) is 0 Å². The second kappa shape index (κ2) is 9.44. The van der Waals surface area contributed by atoms with Crippen LogP contribution in [0.3, 0.4) is 0 Å². The van der Waals surface area contributed by atoms with Gasteiger partial charge in [-0.2, -0.15) is 0 Å². The van der Waals surface area contributed by atoms with Crippen molar-refractivity contribution in [3.8, 4) is 0 Å². The molecule has 1 atom stereocenters. The Hall–Kier alpha value is -3.33. The molecule has 0 aliphatic carbocycles. The Balaban J connectivity index is 1.67. The van der Waals surface area contributed by atoms with Crippen LogP contribution in [0.4, 0.5) is 0 Å². The summed E-state index contributed by atoms with van der Waals surface area (Å²) in [6.45, 7) is 10.0. The zero-order valence-electron chi connectivity index (χ0n) is 19.5. The van der Waals surface area contributed by atoms with Gasteiger partial charge in [0.25, 0.3) is 5.91 Å². The number of amides is 1. The number of benzene rings is 3. The van der Waals surface area contributed by atoms with Gasteiger partial charge in [-0.25, -0.2) is 0 Å². The van der Waals surface area contributed by atoms with Crippen molar-refractivity contribution in [2.24, 2.45) is 5.92 Å². The predicted molar refractivity (Wildman–Crippen MR) is 133 cm³/mol. The van der Waals surface area contributed by atoms with Gasteiger partial charge >= 0.3 is 0 Å². The van der Waals surface area contributed by atoms with Crippen LogP contribution >= 0.6 is 0 Å². The van der Waals surface area contributed by atoms with Gasteiger partial charge in [0, 0.05) is 30.0 Å². The lowest BCUT2D eigenvalue weighted by Crippen LogP contribution is -2.41. The Labute approximate surface area is 191 Å². The molecule has 4 rings (SSSR count). The monoisotopic (exact) mass is 424 g/mol. The molecule has 0 unspecified atom stereocenters. The van der Waals surface area contributed by atoms with Gasteiger partial charge in [0.05, 0.1) is 6.54 Å². The molecular formula is C29H32N2O. The summed E-state index contributed by atoms with van der Waals surface area (Å²) in [6.07, 6.45) is 2.11. The van der Waals surface area contributed by atoms with Crippen molar-refractivity contribution in [2.45, 2.75) is 46.8 Å². The van der Waals surface area contributed by atoms with Crippen molar-refractivity contribution in [3.05, 3.63) is 107 Å². The van der Waals surface area contributed by atoms with Crippen LogP contribution in [0.2, 0.25) is 0 Å². The Morgan fingerprint density at radius 3 is 2.44 bits per heavy atom. The second-order valence-corrected chi connectivity index (χ2v) is 9.06. The third kappa shape index (κ3) is 4.62. The van der Waals surface area contributed by atoms with Gasteiger partial charge in [-0.05, 0) is 54.3 Å². The van der Waals surface area contributed by atoms with Crippen LogP contribution in [0.15, 0.2) is 85.1 Å². The summed E-state index contributed by atoms with van der Waals surface area (Å²) in [6, 6.07) is 27.1. The maximum Gasteiger partial charge on any atom is 0.255 e. The molecule has 32 heavy (non-hydrogen) atoms. The van der Waals surface area contributed by atoms with Crippen LogP contribution in [0.1, 0.15) is 48.0 Å². The van der Waals surface area contributed by atoms with E-state index in [1.807, 2.05) is 35.2 Å². The smallest absolute Gasteiger partial charge is 0.255 e. The Kier molecular flexibility index (Phi) is 6.45. The van der Waals surface area contributed by atoms with E-state index >= 15 is 0 Å². The maximum absolute atomic E-state index is 13.9. The van der Waals surface area contributed by atoms with Crippen molar-refractivity contribution < 1.29 is 4.79 Å². The first-order valence-electron chi connectivity index (χ1n) is 11.4. The molecule has 0 aliphatic rings. The SMILES string of the molecule is Cc1cccc(Cn2cccc2CN(C(=O)c2cccc3ccccc23)[C@H](C)C(C)C)c1. The average molecular weight is 425 g/mol. The van der Waals surface area contributed by atoms with Crippen LogP contribution < -0.4 is 0 Å². The number of carbonyl (C=O) groups excluding carboxylic acids is 1. The van der Waals surface area contributed by atoms with Crippen molar-refractivity contribution in [2.75, 3.05) is 0 Å². The number of aromatic nitrogens is 1. The highest BCUT2D eigenvalue weighted by Gasteiger charge is 2.26. The van der Waals surface area contributed by atoms with Crippen molar-refractivity contribution in [1.82, 2.24) is 9.47 Å². The minimum absolute atomic E-state index is 0.0892. The summed E-state index contributed by atoms with van der Waals surface area (Å²) in [5, 5.41) is 2.11. The molecule has 0 N–H and O–H groups in total. The first-order chi connectivity index (χ1) is 15.4. The van der Waals surface area contributed by atoms with Gasteiger partial charge in [0.15, 0.2) is 0 Å². The lowest BCUT2D eigenvalue weighted by molar-refractivity contribution is 0.0625. The van der Waals surface area contributed by atoms with Gasteiger partial charge in [-0.3, -0.25) is 4.79 Å². The lowest BCUT2D eigenvalue weighted by atomic mass is 10.00. The molecule has 3 aromatic carbocycles. The number of nitrogens with zero attached hydrogens (tertiary/aromatic N) is 2. The minimum Gasteiger partial charge on any atom is -0.345 e. The number of aryl methyl sites for hydroxylation is 1. The number of hydrogen-bond acceptors (Lipinski definition) is 1. The Morgan fingerprint density at radius 2 is 1.66 bits per heavy atom. The maximum atomic E-state index is 13.9. The van der Waals surface area contributed by atoms with Crippen LogP contribution in [0.5, 0.6) is 0 Å². The summed E-state index contributed by atoms with van der Waals surface area (Å²) in [4.78, 5) is 15.9. The predicted octanol–water partition coefficient (Wildman–Crippen LogP) is 6.68. The molecule has 0 radical (unpaired) electrons. The average Bonchev–Trinajstić information content (AvgIpc) is 3.22. The van der Waals surface area contributed by atoms with Crippen molar-refractivity contribution in [1.29, 1.82) is 0 Å². The normalized spacial score (nSPS) is 12.3. The topological polar surface area (TPSA) is 25.2 Å². The fraction of sp³-hybridized carbons (Fsp3) is 0.276. The van der Waals surface area contributed by atoms with E-state index in [1.165, 1.54) is 11.1 Å². The quantitative estimate of drug-likeness (QED) is 0.325.